The Morgan fingerprint density at radius 2 is 1.84 bits per heavy atom. The van der Waals surface area contributed by atoms with Gasteiger partial charge in [0.1, 0.15) is 5.75 Å². The Labute approximate surface area is 180 Å². The van der Waals surface area contributed by atoms with Crippen LogP contribution < -0.4 is 15.4 Å². The number of benzene rings is 2. The second-order valence-electron chi connectivity index (χ2n) is 7.34. The maximum absolute atomic E-state index is 12.2. The van der Waals surface area contributed by atoms with Crippen molar-refractivity contribution in [1.29, 1.82) is 0 Å². The number of ether oxygens (including phenoxy) is 1. The van der Waals surface area contributed by atoms with Gasteiger partial charge in [0.25, 0.3) is 5.91 Å². The molecule has 1 fully saturated rings. The highest BCUT2D eigenvalue weighted by molar-refractivity contribution is 5.96. The SMILES string of the molecule is CCOc1ccc(-c2noc(CCC(=O)Nc3ccc(C(=O)NC4CC4)cc3)n2)cc1. The van der Waals surface area contributed by atoms with Crippen molar-refractivity contribution in [1.82, 2.24) is 15.5 Å². The molecule has 0 spiro atoms. The number of nitrogens with zero attached hydrogens (tertiary/aromatic N) is 2. The van der Waals surface area contributed by atoms with Gasteiger partial charge < -0.3 is 19.9 Å². The lowest BCUT2D eigenvalue weighted by atomic mass is 10.2. The van der Waals surface area contributed by atoms with E-state index in [0.29, 0.717) is 42.0 Å². The third-order valence-corrected chi connectivity index (χ3v) is 4.80. The fraction of sp³-hybridized carbons (Fsp3) is 0.304. The summed E-state index contributed by atoms with van der Waals surface area (Å²) >= 11 is 0. The third-order valence-electron chi connectivity index (χ3n) is 4.80. The summed E-state index contributed by atoms with van der Waals surface area (Å²) in [4.78, 5) is 28.6. The van der Waals surface area contributed by atoms with Crippen LogP contribution >= 0.6 is 0 Å². The van der Waals surface area contributed by atoms with Crippen molar-refractivity contribution in [3.8, 4) is 17.1 Å². The number of anilines is 1. The highest BCUT2D eigenvalue weighted by atomic mass is 16.5. The van der Waals surface area contributed by atoms with Crippen LogP contribution in [-0.4, -0.2) is 34.6 Å². The zero-order valence-electron chi connectivity index (χ0n) is 17.3. The standard InChI is InChI=1S/C23H24N4O4/c1-2-30-19-11-5-15(6-12-19)22-26-21(31-27-22)14-13-20(28)24-17-7-3-16(4-8-17)23(29)25-18-9-10-18/h3-8,11-12,18H,2,9-10,13-14H2,1H3,(H,24,28)(H,25,29). The fourth-order valence-corrected chi connectivity index (χ4v) is 2.99. The largest absolute Gasteiger partial charge is 0.494 e. The van der Waals surface area contributed by atoms with Crippen molar-refractivity contribution in [2.45, 2.75) is 38.6 Å². The molecular weight excluding hydrogens is 396 g/mol. The quantitative estimate of drug-likeness (QED) is 0.548. The van der Waals surface area contributed by atoms with Gasteiger partial charge in [-0.15, -0.1) is 0 Å². The number of carbonyl (C=O) groups is 2. The summed E-state index contributed by atoms with van der Waals surface area (Å²) in [5.41, 5.74) is 2.03. The van der Waals surface area contributed by atoms with E-state index < -0.39 is 0 Å². The van der Waals surface area contributed by atoms with Crippen molar-refractivity contribution in [2.24, 2.45) is 0 Å². The number of hydrogen-bond acceptors (Lipinski definition) is 6. The first-order chi connectivity index (χ1) is 15.1. The zero-order chi connectivity index (χ0) is 21.6. The molecule has 1 aromatic heterocycles. The molecule has 8 nitrogen and oxygen atoms in total. The van der Waals surface area contributed by atoms with Gasteiger partial charge >= 0.3 is 0 Å². The highest BCUT2D eigenvalue weighted by Gasteiger charge is 2.23. The Hall–Kier alpha value is -3.68. The maximum Gasteiger partial charge on any atom is 0.251 e. The van der Waals surface area contributed by atoms with E-state index in [0.717, 1.165) is 24.2 Å². The van der Waals surface area contributed by atoms with Crippen LogP contribution in [-0.2, 0) is 11.2 Å². The Bertz CT molecular complexity index is 1040. The van der Waals surface area contributed by atoms with Crippen LogP contribution in [0.25, 0.3) is 11.4 Å². The Morgan fingerprint density at radius 3 is 2.52 bits per heavy atom. The number of rotatable bonds is 9. The van der Waals surface area contributed by atoms with Crippen molar-refractivity contribution >= 4 is 17.5 Å². The van der Waals surface area contributed by atoms with Crippen LogP contribution in [0.1, 0.15) is 42.4 Å². The topological polar surface area (TPSA) is 106 Å². The second kappa shape index (κ2) is 9.42. The molecule has 2 amide bonds. The van der Waals surface area contributed by atoms with Gasteiger partial charge in [-0.3, -0.25) is 9.59 Å². The Balaban J connectivity index is 1.26. The smallest absolute Gasteiger partial charge is 0.251 e. The number of nitrogens with one attached hydrogen (secondary N) is 2. The highest BCUT2D eigenvalue weighted by Crippen LogP contribution is 2.21. The molecule has 0 atom stereocenters. The summed E-state index contributed by atoms with van der Waals surface area (Å²) in [6.45, 7) is 2.53. The molecular formula is C23H24N4O4. The van der Waals surface area contributed by atoms with E-state index in [9.17, 15) is 9.59 Å². The van der Waals surface area contributed by atoms with Gasteiger partial charge in [0.05, 0.1) is 6.61 Å². The summed E-state index contributed by atoms with van der Waals surface area (Å²) < 4.78 is 10.7. The van der Waals surface area contributed by atoms with E-state index in [2.05, 4.69) is 20.8 Å². The predicted octanol–water partition coefficient (Wildman–Crippen LogP) is 3.60. The molecule has 1 heterocycles. The molecule has 8 heteroatoms. The summed E-state index contributed by atoms with van der Waals surface area (Å²) in [6, 6.07) is 14.6. The minimum atomic E-state index is -0.170. The number of hydrogen-bond donors (Lipinski definition) is 2. The molecule has 1 aliphatic rings. The summed E-state index contributed by atoms with van der Waals surface area (Å²) in [7, 11) is 0. The van der Waals surface area contributed by atoms with Crippen LogP contribution in [0.2, 0.25) is 0 Å². The van der Waals surface area contributed by atoms with Crippen LogP contribution in [0.4, 0.5) is 5.69 Å². The van der Waals surface area contributed by atoms with E-state index in [4.69, 9.17) is 9.26 Å². The molecule has 0 aliphatic heterocycles. The van der Waals surface area contributed by atoms with Crippen LogP contribution in [0.3, 0.4) is 0 Å². The molecule has 0 bridgehead atoms. The van der Waals surface area contributed by atoms with Gasteiger partial charge in [0, 0.05) is 35.7 Å². The molecule has 3 aromatic rings. The molecule has 160 valence electrons. The molecule has 0 radical (unpaired) electrons. The third kappa shape index (κ3) is 5.69. The van der Waals surface area contributed by atoms with Crippen molar-refractivity contribution in [2.75, 3.05) is 11.9 Å². The zero-order valence-corrected chi connectivity index (χ0v) is 17.3. The van der Waals surface area contributed by atoms with Crippen molar-refractivity contribution < 1.29 is 18.8 Å². The van der Waals surface area contributed by atoms with E-state index in [1.807, 2.05) is 31.2 Å². The van der Waals surface area contributed by atoms with E-state index in [1.54, 1.807) is 24.3 Å². The lowest BCUT2D eigenvalue weighted by Crippen LogP contribution is -2.25. The van der Waals surface area contributed by atoms with Crippen LogP contribution in [0.5, 0.6) is 5.75 Å². The molecule has 0 saturated heterocycles. The summed E-state index contributed by atoms with van der Waals surface area (Å²) in [5, 5.41) is 9.73. The molecule has 1 aliphatic carbocycles. The minimum absolute atomic E-state index is 0.0832. The van der Waals surface area contributed by atoms with Gasteiger partial charge in [0.15, 0.2) is 0 Å². The number of amides is 2. The van der Waals surface area contributed by atoms with E-state index in [-0.39, 0.29) is 18.2 Å². The molecule has 2 aromatic carbocycles. The van der Waals surface area contributed by atoms with Gasteiger partial charge in [-0.05, 0) is 68.3 Å². The summed E-state index contributed by atoms with van der Waals surface area (Å²) in [5.74, 6) is 1.39. The second-order valence-corrected chi connectivity index (χ2v) is 7.34. The van der Waals surface area contributed by atoms with Gasteiger partial charge in [-0.1, -0.05) is 5.16 Å². The summed E-state index contributed by atoms with van der Waals surface area (Å²) in [6.07, 6.45) is 2.62. The molecule has 31 heavy (non-hydrogen) atoms. The average molecular weight is 420 g/mol. The Kier molecular flexibility index (Phi) is 6.26. The molecule has 2 N–H and O–H groups in total. The number of aryl methyl sites for hydroxylation is 1. The first-order valence-electron chi connectivity index (χ1n) is 10.4. The normalized spacial score (nSPS) is 12.9. The molecule has 0 unspecified atom stereocenters. The number of aromatic nitrogens is 2. The lowest BCUT2D eigenvalue weighted by molar-refractivity contribution is -0.116. The van der Waals surface area contributed by atoms with Crippen molar-refractivity contribution in [3.63, 3.8) is 0 Å². The minimum Gasteiger partial charge on any atom is -0.494 e. The maximum atomic E-state index is 12.2. The lowest BCUT2D eigenvalue weighted by Gasteiger charge is -2.06. The van der Waals surface area contributed by atoms with Gasteiger partial charge in [-0.25, -0.2) is 0 Å². The first-order valence-corrected chi connectivity index (χ1v) is 10.4. The monoisotopic (exact) mass is 420 g/mol. The van der Waals surface area contributed by atoms with E-state index in [1.165, 1.54) is 0 Å². The fourth-order valence-electron chi connectivity index (χ4n) is 2.99. The predicted molar refractivity (Wildman–Crippen MR) is 115 cm³/mol. The number of carbonyl (C=O) groups excluding carboxylic acids is 2. The van der Waals surface area contributed by atoms with Crippen LogP contribution in [0.15, 0.2) is 53.1 Å². The van der Waals surface area contributed by atoms with E-state index >= 15 is 0 Å². The first kappa shape index (κ1) is 20.6. The average Bonchev–Trinajstić information content (AvgIpc) is 3.46. The van der Waals surface area contributed by atoms with Crippen LogP contribution in [0, 0.1) is 0 Å². The Morgan fingerprint density at radius 1 is 1.10 bits per heavy atom. The molecule has 1 saturated carbocycles. The molecule has 4 rings (SSSR count). The van der Waals surface area contributed by atoms with Crippen molar-refractivity contribution in [3.05, 3.63) is 60.0 Å². The van der Waals surface area contributed by atoms with Gasteiger partial charge in [0.2, 0.25) is 17.6 Å². The van der Waals surface area contributed by atoms with Gasteiger partial charge in [-0.2, -0.15) is 4.98 Å².